The lowest BCUT2D eigenvalue weighted by Crippen LogP contribution is -2.28. The number of anilines is 2. The van der Waals surface area contributed by atoms with E-state index in [1.54, 1.807) is 0 Å². The van der Waals surface area contributed by atoms with Crippen molar-refractivity contribution < 1.29 is 19.1 Å². The predicted octanol–water partition coefficient (Wildman–Crippen LogP) is -0.911. The number of carbonyl (C=O) groups is 2. The average Bonchev–Trinajstić information content (AvgIpc) is 2.51. The zero-order valence-corrected chi connectivity index (χ0v) is 11.9. The fraction of sp³-hybridized carbons (Fsp3) is 0.333. The van der Waals surface area contributed by atoms with Crippen molar-refractivity contribution in [2.24, 2.45) is 5.92 Å². The summed E-state index contributed by atoms with van der Waals surface area (Å²) in [6, 6.07) is 0. The van der Waals surface area contributed by atoms with Crippen LogP contribution in [0.15, 0.2) is 6.20 Å². The molecule has 0 unspecified atom stereocenters. The summed E-state index contributed by atoms with van der Waals surface area (Å²) < 4.78 is 9.16. The van der Waals surface area contributed by atoms with Crippen molar-refractivity contribution in [1.29, 1.82) is 0 Å². The summed E-state index contributed by atoms with van der Waals surface area (Å²) in [7, 11) is 2.36. The largest absolute Gasteiger partial charge is 0.468 e. The lowest BCUT2D eigenvalue weighted by Gasteiger charge is -2.12. The molecule has 0 amide bonds. The maximum absolute atomic E-state index is 11.7. The lowest BCUT2D eigenvalue weighted by molar-refractivity contribution is -0.158. The predicted molar refractivity (Wildman–Crippen MR) is 75.2 cm³/mol. The molecule has 0 saturated carbocycles. The molecule has 116 valence electrons. The van der Waals surface area contributed by atoms with Crippen molar-refractivity contribution in [2.45, 2.75) is 6.42 Å². The molecule has 0 radical (unpaired) electrons. The molecular formula is C12H14N6O4. The maximum atomic E-state index is 11.7. The molecule has 0 aliphatic carbocycles. The maximum Gasteiger partial charge on any atom is 0.320 e. The molecule has 4 N–H and O–H groups in total. The Morgan fingerprint density at radius 1 is 1.14 bits per heavy atom. The van der Waals surface area contributed by atoms with E-state index in [9.17, 15) is 9.59 Å². The van der Waals surface area contributed by atoms with Gasteiger partial charge in [0.25, 0.3) is 0 Å². The number of rotatable bonds is 4. The van der Waals surface area contributed by atoms with Crippen LogP contribution in [0.25, 0.3) is 11.2 Å². The summed E-state index contributed by atoms with van der Waals surface area (Å²) in [5, 5.41) is 0. The van der Waals surface area contributed by atoms with Gasteiger partial charge >= 0.3 is 11.9 Å². The van der Waals surface area contributed by atoms with Crippen LogP contribution in [-0.2, 0) is 25.5 Å². The molecule has 0 fully saturated rings. The number of carbonyl (C=O) groups excluding carboxylic acids is 2. The molecule has 0 aliphatic rings. The summed E-state index contributed by atoms with van der Waals surface area (Å²) in [5.41, 5.74) is 12.0. The van der Waals surface area contributed by atoms with Crippen LogP contribution in [0.2, 0.25) is 0 Å². The Morgan fingerprint density at radius 3 is 2.36 bits per heavy atom. The van der Waals surface area contributed by atoms with Gasteiger partial charge < -0.3 is 20.9 Å². The number of methoxy groups -OCH3 is 2. The molecule has 0 aliphatic heterocycles. The molecule has 2 aromatic rings. The molecule has 2 rings (SSSR count). The first-order valence-corrected chi connectivity index (χ1v) is 6.16. The van der Waals surface area contributed by atoms with Crippen molar-refractivity contribution >= 4 is 34.9 Å². The first-order chi connectivity index (χ1) is 10.5. The third-order valence-electron chi connectivity index (χ3n) is 2.89. The molecule has 0 aromatic carbocycles. The van der Waals surface area contributed by atoms with Gasteiger partial charge in [-0.3, -0.25) is 9.59 Å². The number of nitrogens with zero attached hydrogens (tertiary/aromatic N) is 4. The number of fused-ring (bicyclic) bond motifs is 1. The third kappa shape index (κ3) is 3.00. The molecule has 0 bridgehead atoms. The van der Waals surface area contributed by atoms with Crippen molar-refractivity contribution in [3.63, 3.8) is 0 Å². The van der Waals surface area contributed by atoms with Crippen molar-refractivity contribution in [2.75, 3.05) is 25.7 Å². The molecule has 10 nitrogen and oxygen atoms in total. The van der Waals surface area contributed by atoms with Crippen molar-refractivity contribution in [1.82, 2.24) is 19.9 Å². The Labute approximate surface area is 124 Å². The van der Waals surface area contributed by atoms with E-state index in [1.807, 2.05) is 0 Å². The number of hydrogen-bond acceptors (Lipinski definition) is 10. The van der Waals surface area contributed by atoms with Gasteiger partial charge in [0, 0.05) is 6.42 Å². The molecule has 0 saturated heterocycles. The highest BCUT2D eigenvalue weighted by atomic mass is 16.5. The van der Waals surface area contributed by atoms with E-state index in [-0.39, 0.29) is 29.4 Å². The van der Waals surface area contributed by atoms with Gasteiger partial charge in [-0.2, -0.15) is 9.97 Å². The normalized spacial score (nSPS) is 10.7. The lowest BCUT2D eigenvalue weighted by atomic mass is 10.0. The van der Waals surface area contributed by atoms with Crippen LogP contribution in [0, 0.1) is 5.92 Å². The van der Waals surface area contributed by atoms with Gasteiger partial charge in [-0.1, -0.05) is 0 Å². The molecule has 0 atom stereocenters. The molecule has 2 heterocycles. The summed E-state index contributed by atoms with van der Waals surface area (Å²) in [5.74, 6) is -2.55. The van der Waals surface area contributed by atoms with Crippen LogP contribution in [0.3, 0.4) is 0 Å². The molecule has 2 aromatic heterocycles. The van der Waals surface area contributed by atoms with Gasteiger partial charge in [-0.05, 0) is 0 Å². The topological polar surface area (TPSA) is 156 Å². The van der Waals surface area contributed by atoms with E-state index in [1.165, 1.54) is 20.4 Å². The molecule has 0 spiro atoms. The van der Waals surface area contributed by atoms with E-state index in [0.29, 0.717) is 5.69 Å². The van der Waals surface area contributed by atoms with Gasteiger partial charge in [-0.25, -0.2) is 9.97 Å². The standard InChI is InChI=1S/C12H14N6O4/c1-21-10(19)6(11(20)22-2)3-5-4-15-9-7(16-5)8(13)17-12(14)18-9/h4,6H,3H2,1-2H3,(H4,13,14,15,17,18). The second-order valence-electron chi connectivity index (χ2n) is 4.30. The van der Waals surface area contributed by atoms with Gasteiger partial charge in [-0.15, -0.1) is 0 Å². The fourth-order valence-electron chi connectivity index (χ4n) is 1.84. The molecule has 22 heavy (non-hydrogen) atoms. The summed E-state index contributed by atoms with van der Waals surface area (Å²) in [6.45, 7) is 0. The highest BCUT2D eigenvalue weighted by molar-refractivity contribution is 5.95. The van der Waals surface area contributed by atoms with Crippen LogP contribution in [0.5, 0.6) is 0 Å². The Hall–Kier alpha value is -3.04. The Kier molecular flexibility index (Phi) is 4.30. The minimum Gasteiger partial charge on any atom is -0.468 e. The SMILES string of the molecule is COC(=O)C(Cc1cnc2nc(N)nc(N)c2n1)C(=O)OC. The minimum absolute atomic E-state index is 0.0194. The van der Waals surface area contributed by atoms with Gasteiger partial charge in [0.1, 0.15) is 0 Å². The second kappa shape index (κ2) is 6.16. The van der Waals surface area contributed by atoms with Gasteiger partial charge in [0.2, 0.25) is 5.95 Å². The first-order valence-electron chi connectivity index (χ1n) is 6.16. The summed E-state index contributed by atoms with van der Waals surface area (Å²) in [6.07, 6.45) is 1.32. The molecular weight excluding hydrogens is 292 g/mol. The Morgan fingerprint density at radius 2 is 1.77 bits per heavy atom. The third-order valence-corrected chi connectivity index (χ3v) is 2.89. The number of hydrogen-bond donors (Lipinski definition) is 2. The zero-order chi connectivity index (χ0) is 16.3. The van der Waals surface area contributed by atoms with Crippen LogP contribution >= 0.6 is 0 Å². The Bertz CT molecular complexity index is 719. The quantitative estimate of drug-likeness (QED) is 0.535. The van der Waals surface area contributed by atoms with E-state index in [4.69, 9.17) is 11.5 Å². The number of nitrogens with two attached hydrogens (primary N) is 2. The van der Waals surface area contributed by atoms with E-state index in [0.717, 1.165) is 0 Å². The van der Waals surface area contributed by atoms with Crippen molar-refractivity contribution in [3.05, 3.63) is 11.9 Å². The van der Waals surface area contributed by atoms with E-state index < -0.39 is 17.9 Å². The van der Waals surface area contributed by atoms with Crippen LogP contribution in [-0.4, -0.2) is 46.1 Å². The van der Waals surface area contributed by atoms with Gasteiger partial charge in [0.15, 0.2) is 22.9 Å². The number of aromatic nitrogens is 4. The van der Waals surface area contributed by atoms with Crippen molar-refractivity contribution in [3.8, 4) is 0 Å². The van der Waals surface area contributed by atoms with E-state index in [2.05, 4.69) is 29.4 Å². The number of nitrogen functional groups attached to an aromatic ring is 2. The number of esters is 2. The fourth-order valence-corrected chi connectivity index (χ4v) is 1.84. The molecule has 10 heteroatoms. The number of ether oxygens (including phenoxy) is 2. The minimum atomic E-state index is -1.14. The average molecular weight is 306 g/mol. The second-order valence-corrected chi connectivity index (χ2v) is 4.30. The van der Waals surface area contributed by atoms with Crippen LogP contribution in [0.1, 0.15) is 5.69 Å². The highest BCUT2D eigenvalue weighted by Gasteiger charge is 2.29. The van der Waals surface area contributed by atoms with E-state index >= 15 is 0 Å². The van der Waals surface area contributed by atoms with Crippen LogP contribution in [0.4, 0.5) is 11.8 Å². The Balaban J connectivity index is 2.38. The zero-order valence-electron chi connectivity index (χ0n) is 11.9. The summed E-state index contributed by atoms with van der Waals surface area (Å²) >= 11 is 0. The first kappa shape index (κ1) is 15.4. The smallest absolute Gasteiger partial charge is 0.320 e. The monoisotopic (exact) mass is 306 g/mol. The van der Waals surface area contributed by atoms with Crippen LogP contribution < -0.4 is 11.5 Å². The summed E-state index contributed by atoms with van der Waals surface area (Å²) in [4.78, 5) is 39.2. The van der Waals surface area contributed by atoms with Gasteiger partial charge in [0.05, 0.1) is 26.1 Å². The highest BCUT2D eigenvalue weighted by Crippen LogP contribution is 2.17.